The van der Waals surface area contributed by atoms with E-state index < -0.39 is 0 Å². The van der Waals surface area contributed by atoms with Gasteiger partial charge in [0.05, 0.1) is 6.61 Å². The molecule has 0 saturated heterocycles. The Morgan fingerprint density at radius 2 is 2.33 bits per heavy atom. The molecule has 0 bridgehead atoms. The van der Waals surface area contributed by atoms with E-state index in [0.29, 0.717) is 6.61 Å². The van der Waals surface area contributed by atoms with Crippen molar-refractivity contribution in [1.82, 2.24) is 0 Å². The number of fused-ring (bicyclic) bond motifs is 1. The lowest BCUT2D eigenvalue weighted by Gasteiger charge is -2.35. The molecule has 3 heteroatoms. The Bertz CT molecular complexity index is 365. The zero-order chi connectivity index (χ0) is 10.9. The lowest BCUT2D eigenvalue weighted by molar-refractivity contribution is -0.0105. The number of benzene rings is 1. The average Bonchev–Trinajstić information content (AvgIpc) is 2.19. The molecule has 15 heavy (non-hydrogen) atoms. The van der Waals surface area contributed by atoms with Gasteiger partial charge in [-0.15, -0.1) is 0 Å². The molecule has 0 fully saturated rings. The molecule has 1 heterocycles. The molecular weight excluding hydrogens is 256 g/mol. The van der Waals surface area contributed by atoms with Crippen molar-refractivity contribution >= 4 is 15.9 Å². The Morgan fingerprint density at radius 1 is 1.53 bits per heavy atom. The second kappa shape index (κ2) is 4.14. The van der Waals surface area contributed by atoms with Crippen molar-refractivity contribution in [3.05, 3.63) is 28.2 Å². The van der Waals surface area contributed by atoms with Crippen molar-refractivity contribution in [3.63, 3.8) is 0 Å². The largest absolute Gasteiger partial charge is 0.485 e. The van der Waals surface area contributed by atoms with E-state index in [9.17, 15) is 0 Å². The fourth-order valence-corrected chi connectivity index (χ4v) is 2.37. The zero-order valence-corrected chi connectivity index (χ0v) is 10.6. The molecule has 1 unspecified atom stereocenters. The molecule has 0 radical (unpaired) electrons. The summed E-state index contributed by atoms with van der Waals surface area (Å²) < 4.78 is 12.3. The van der Waals surface area contributed by atoms with Gasteiger partial charge < -0.3 is 9.47 Å². The Hall–Kier alpha value is -0.540. The third-order valence-electron chi connectivity index (χ3n) is 2.75. The fourth-order valence-electron chi connectivity index (χ4n) is 1.97. The van der Waals surface area contributed by atoms with E-state index in [1.165, 1.54) is 5.56 Å². The van der Waals surface area contributed by atoms with E-state index in [0.717, 1.165) is 23.1 Å². The summed E-state index contributed by atoms with van der Waals surface area (Å²) in [6.07, 6.45) is 2.05. The lowest BCUT2D eigenvalue weighted by Crippen LogP contribution is -2.40. The maximum absolute atomic E-state index is 5.97. The molecule has 1 aliphatic heterocycles. The average molecular weight is 271 g/mol. The van der Waals surface area contributed by atoms with Crippen LogP contribution in [0.4, 0.5) is 0 Å². The Balaban J connectivity index is 2.23. The maximum Gasteiger partial charge on any atom is 0.130 e. The Kier molecular flexibility index (Phi) is 3.03. The predicted octanol–water partition coefficient (Wildman–Crippen LogP) is 3.18. The molecule has 1 aliphatic rings. The summed E-state index contributed by atoms with van der Waals surface area (Å²) >= 11 is 3.47. The SMILES string of the molecule is COCC1(C)CCc2cc(Br)ccc2O1. The standard InChI is InChI=1S/C12H15BrO2/c1-12(8-14-2)6-5-9-7-10(13)3-4-11(9)15-12/h3-4,7H,5-6,8H2,1-2H3. The summed E-state index contributed by atoms with van der Waals surface area (Å²) in [5.41, 5.74) is 1.10. The van der Waals surface area contributed by atoms with Crippen LogP contribution in [-0.2, 0) is 11.2 Å². The summed E-state index contributed by atoms with van der Waals surface area (Å²) in [6.45, 7) is 2.74. The third kappa shape index (κ3) is 2.34. The van der Waals surface area contributed by atoms with E-state index >= 15 is 0 Å². The van der Waals surface area contributed by atoms with Crippen LogP contribution in [0.1, 0.15) is 18.9 Å². The molecule has 0 spiro atoms. The molecule has 1 atom stereocenters. The number of ether oxygens (including phenoxy) is 2. The van der Waals surface area contributed by atoms with Crippen molar-refractivity contribution in [3.8, 4) is 5.75 Å². The van der Waals surface area contributed by atoms with Gasteiger partial charge in [0, 0.05) is 11.6 Å². The van der Waals surface area contributed by atoms with Crippen LogP contribution in [0.5, 0.6) is 5.75 Å². The van der Waals surface area contributed by atoms with E-state index in [1.807, 2.05) is 12.1 Å². The highest BCUT2D eigenvalue weighted by atomic mass is 79.9. The molecule has 82 valence electrons. The van der Waals surface area contributed by atoms with Gasteiger partial charge in [-0.3, -0.25) is 0 Å². The summed E-state index contributed by atoms with van der Waals surface area (Å²) in [7, 11) is 1.71. The molecule has 2 rings (SSSR count). The van der Waals surface area contributed by atoms with Crippen LogP contribution < -0.4 is 4.74 Å². The molecule has 2 nitrogen and oxygen atoms in total. The van der Waals surface area contributed by atoms with E-state index in [1.54, 1.807) is 7.11 Å². The molecule has 0 amide bonds. The highest BCUT2D eigenvalue weighted by Crippen LogP contribution is 2.34. The molecule has 0 saturated carbocycles. The number of rotatable bonds is 2. The minimum absolute atomic E-state index is 0.171. The van der Waals surface area contributed by atoms with Crippen molar-refractivity contribution < 1.29 is 9.47 Å². The normalized spacial score (nSPS) is 24.5. The minimum atomic E-state index is -0.171. The van der Waals surface area contributed by atoms with Gasteiger partial charge in [0.15, 0.2) is 0 Å². The van der Waals surface area contributed by atoms with Gasteiger partial charge in [-0.1, -0.05) is 15.9 Å². The van der Waals surface area contributed by atoms with Crippen LogP contribution in [-0.4, -0.2) is 19.3 Å². The smallest absolute Gasteiger partial charge is 0.130 e. The zero-order valence-electron chi connectivity index (χ0n) is 9.05. The summed E-state index contributed by atoms with van der Waals surface area (Å²) in [4.78, 5) is 0. The molecule has 1 aromatic rings. The first-order chi connectivity index (χ1) is 7.13. The van der Waals surface area contributed by atoms with Gasteiger partial charge in [0.1, 0.15) is 11.4 Å². The third-order valence-corrected chi connectivity index (χ3v) is 3.24. The van der Waals surface area contributed by atoms with Crippen LogP contribution in [0.3, 0.4) is 0 Å². The van der Waals surface area contributed by atoms with E-state index in [-0.39, 0.29) is 5.60 Å². The van der Waals surface area contributed by atoms with Gasteiger partial charge >= 0.3 is 0 Å². The van der Waals surface area contributed by atoms with E-state index in [2.05, 4.69) is 28.9 Å². The van der Waals surface area contributed by atoms with E-state index in [4.69, 9.17) is 9.47 Å². The second-order valence-corrected chi connectivity index (χ2v) is 5.15. The Morgan fingerprint density at radius 3 is 3.07 bits per heavy atom. The van der Waals surface area contributed by atoms with Crippen molar-refractivity contribution in [2.45, 2.75) is 25.4 Å². The number of hydrogen-bond acceptors (Lipinski definition) is 2. The minimum Gasteiger partial charge on any atom is -0.485 e. The topological polar surface area (TPSA) is 18.5 Å². The maximum atomic E-state index is 5.97. The quantitative estimate of drug-likeness (QED) is 0.822. The molecule has 0 aliphatic carbocycles. The number of hydrogen-bond donors (Lipinski definition) is 0. The summed E-state index contributed by atoms with van der Waals surface area (Å²) in [5, 5.41) is 0. The van der Waals surface area contributed by atoms with Crippen LogP contribution in [0, 0.1) is 0 Å². The number of halogens is 1. The van der Waals surface area contributed by atoms with Gasteiger partial charge in [0.25, 0.3) is 0 Å². The van der Waals surface area contributed by atoms with Gasteiger partial charge in [0.2, 0.25) is 0 Å². The van der Waals surface area contributed by atoms with Crippen molar-refractivity contribution in [1.29, 1.82) is 0 Å². The van der Waals surface area contributed by atoms with Crippen LogP contribution >= 0.6 is 15.9 Å². The first-order valence-electron chi connectivity index (χ1n) is 5.09. The Labute approximate surface area is 98.7 Å². The van der Waals surface area contributed by atoms with Crippen LogP contribution in [0.15, 0.2) is 22.7 Å². The number of aryl methyl sites for hydroxylation is 1. The first-order valence-corrected chi connectivity index (χ1v) is 5.89. The summed E-state index contributed by atoms with van der Waals surface area (Å²) in [5.74, 6) is 0.990. The predicted molar refractivity (Wildman–Crippen MR) is 63.4 cm³/mol. The van der Waals surface area contributed by atoms with Crippen LogP contribution in [0.2, 0.25) is 0 Å². The van der Waals surface area contributed by atoms with Gasteiger partial charge in [-0.05, 0) is 43.5 Å². The fraction of sp³-hybridized carbons (Fsp3) is 0.500. The second-order valence-electron chi connectivity index (χ2n) is 4.24. The highest BCUT2D eigenvalue weighted by Gasteiger charge is 2.31. The van der Waals surface area contributed by atoms with Gasteiger partial charge in [-0.25, -0.2) is 0 Å². The summed E-state index contributed by atoms with van der Waals surface area (Å²) in [6, 6.07) is 6.16. The van der Waals surface area contributed by atoms with Crippen LogP contribution in [0.25, 0.3) is 0 Å². The number of methoxy groups -OCH3 is 1. The lowest BCUT2D eigenvalue weighted by atomic mass is 9.93. The first kappa shape index (κ1) is 11.0. The van der Waals surface area contributed by atoms with Crippen molar-refractivity contribution in [2.24, 2.45) is 0 Å². The molecular formula is C12H15BrO2. The molecule has 0 N–H and O–H groups in total. The monoisotopic (exact) mass is 270 g/mol. The van der Waals surface area contributed by atoms with Gasteiger partial charge in [-0.2, -0.15) is 0 Å². The molecule has 1 aromatic carbocycles. The van der Waals surface area contributed by atoms with Crippen molar-refractivity contribution in [2.75, 3.05) is 13.7 Å². The molecule has 0 aromatic heterocycles. The highest BCUT2D eigenvalue weighted by molar-refractivity contribution is 9.10.